The third kappa shape index (κ3) is 46.2. The normalized spacial score (nSPS) is 12.4. The number of rotatable bonds is 53. The first-order valence-corrected chi connectivity index (χ1v) is 48.2. The maximum Gasteiger partial charge on any atom is 0.331 e. The van der Waals surface area contributed by atoms with Crippen LogP contribution in [0.2, 0.25) is 0 Å². The monoisotopic (exact) mass is 1740 g/mol. The minimum Gasteiger partial charge on any atom is -0.490 e. The standard InChI is InChI=1S/C18H31N2O2.C18H25N2O.C18H26NO2.C16H25N2O3.C15H25N2O2.C15H26NO3S/c1-5-9-11-16(6-2)15-22-20-13-10-12-17(14-20)18(21)19(7-3)8-4;1-3-5-10-16(4-2)15-21-20-14-9-7-12-18(20)17-11-6-8-13-19-17;1-4-6-9-15(5-2)14-21-19-13-8-11-16-10-7-12-17(20-3)18(16)19;1-4-6-7-15(5-2)13-20-18-10-8-16(9-11-18)12-17-21-14(3)19;1-4-6-7-14(5-2)13-19-17-10-8-15(9-11-17)12-16-18-3;1-4-6-9-14(5-2)12-19-16-11-8-7-10-15(16)13-20(3,17)18/h10,12-14,16H,5-9,11,15H2,1-4H3;6-9,11-14,16H,3-5,10,15H2,1-2H3;7-8,10-13,15H,4-6,9,14H2,1-3H3;8-12,15H,4-7,13H2,1-3H3;8-12,14H,4-7,13H2,1-3H3;7-8,10-11,14H,4-6,9,12-13H2,1-3H3/q6*+1/b;;;17-12+;16-12+;. The van der Waals surface area contributed by atoms with E-state index < -0.39 is 15.8 Å². The summed E-state index contributed by atoms with van der Waals surface area (Å²) in [4.78, 5) is 73.5. The fraction of sp³-hybridized carbons (Fsp3) is 0.570. The van der Waals surface area contributed by atoms with Gasteiger partial charge >= 0.3 is 11.5 Å². The fourth-order valence-electron chi connectivity index (χ4n) is 13.0. The molecule has 0 aliphatic rings. The average molecular weight is 1740 g/mol. The molecule has 0 fully saturated rings. The maximum atomic E-state index is 12.4. The molecule has 0 saturated heterocycles. The van der Waals surface area contributed by atoms with Gasteiger partial charge in [0, 0.05) is 133 Å². The molecule has 6 atom stereocenters. The predicted molar refractivity (Wildman–Crippen MR) is 495 cm³/mol. The van der Waals surface area contributed by atoms with Crippen molar-refractivity contribution < 1.29 is 89.8 Å². The second kappa shape index (κ2) is 67.6. The van der Waals surface area contributed by atoms with Gasteiger partial charge in [-0.1, -0.05) is 183 Å². The molecule has 124 heavy (non-hydrogen) atoms. The number of aromatic nitrogens is 7. The number of para-hydroxylation sites is 1. The Kier molecular flexibility index (Phi) is 59.0. The zero-order chi connectivity index (χ0) is 90.8. The summed E-state index contributed by atoms with van der Waals surface area (Å²) in [7, 11) is 0.169. The molecule has 7 aromatic heterocycles. The number of amides is 1. The molecule has 8 aromatic rings. The Hall–Kier alpha value is -9.84. The highest BCUT2D eigenvalue weighted by Gasteiger charge is 2.24. The van der Waals surface area contributed by atoms with Crippen LogP contribution in [-0.4, -0.2) is 116 Å². The zero-order valence-electron chi connectivity index (χ0n) is 79.0. The average Bonchev–Trinajstić information content (AvgIpc) is 0.803. The van der Waals surface area contributed by atoms with E-state index in [1.54, 1.807) is 50.7 Å². The third-order valence-corrected chi connectivity index (χ3v) is 22.3. The molecular weight excluding hydrogens is 1580 g/mol. The van der Waals surface area contributed by atoms with Crippen molar-refractivity contribution in [2.24, 2.45) is 45.8 Å². The van der Waals surface area contributed by atoms with E-state index in [0.29, 0.717) is 60.0 Å². The van der Waals surface area contributed by atoms with Crippen LogP contribution in [0.5, 0.6) is 5.75 Å². The van der Waals surface area contributed by atoms with Crippen LogP contribution in [0.25, 0.3) is 22.3 Å². The Morgan fingerprint density at radius 1 is 0.435 bits per heavy atom. The number of benzene rings is 1. The van der Waals surface area contributed by atoms with Crippen LogP contribution in [0.1, 0.15) is 285 Å². The molecule has 0 radical (unpaired) electrons. The SMILES string of the molecule is CCCCC(CC)CO[n+]1ccc(/C=N/OC(C)=O)cc1.CCCCC(CC)CO[n+]1ccc(/C=N/OC)cc1.CCCCC(CC)CO[n+]1cccc(C(=O)N(CC)CC)c1.CCCCC(CC)CO[n+]1cccc2cccc(OC)c21.CCCCC(CC)CO[n+]1ccccc1-c1ccccn1.CCCCC(CC)CO[n+]1ccccc1CS(C)(=O)=O. The van der Waals surface area contributed by atoms with Crippen molar-refractivity contribution in [1.29, 1.82) is 0 Å². The van der Waals surface area contributed by atoms with E-state index in [9.17, 15) is 18.0 Å². The number of hydrogen-bond donors (Lipinski definition) is 0. The highest BCUT2D eigenvalue weighted by Crippen LogP contribution is 2.23. The Balaban J connectivity index is 0.000000384. The van der Waals surface area contributed by atoms with Gasteiger partial charge in [0.15, 0.2) is 55.2 Å². The van der Waals surface area contributed by atoms with Gasteiger partial charge in [-0.15, -0.1) is 0 Å². The molecule has 0 N–H and O–H groups in total. The van der Waals surface area contributed by atoms with Crippen molar-refractivity contribution in [2.75, 3.05) is 73.2 Å². The summed E-state index contributed by atoms with van der Waals surface area (Å²) in [5.41, 5.74) is 6.08. The van der Waals surface area contributed by atoms with Crippen LogP contribution in [-0.2, 0) is 30.1 Å². The highest BCUT2D eigenvalue weighted by atomic mass is 32.2. The number of hydrogen-bond acceptors (Lipinski definition) is 16. The van der Waals surface area contributed by atoms with Gasteiger partial charge < -0.3 is 19.3 Å². The number of carbonyl (C=O) groups excluding carboxylic acids is 2. The first-order valence-electron chi connectivity index (χ1n) is 46.2. The summed E-state index contributed by atoms with van der Waals surface area (Å²) >= 11 is 0. The lowest BCUT2D eigenvalue weighted by molar-refractivity contribution is -0.896. The molecule has 24 heteroatoms. The highest BCUT2D eigenvalue weighted by molar-refractivity contribution is 7.89. The summed E-state index contributed by atoms with van der Waals surface area (Å²) in [6, 6.07) is 38.8. The molecule has 0 bridgehead atoms. The number of unbranched alkanes of at least 4 members (excludes halogenated alkanes) is 6. The van der Waals surface area contributed by atoms with E-state index in [1.165, 1.54) is 142 Å². The lowest BCUT2D eigenvalue weighted by Gasteiger charge is -2.17. The van der Waals surface area contributed by atoms with Gasteiger partial charge in [-0.3, -0.25) is 33.8 Å². The first-order chi connectivity index (χ1) is 60.2. The van der Waals surface area contributed by atoms with E-state index in [-0.39, 0.29) is 11.7 Å². The van der Waals surface area contributed by atoms with Gasteiger partial charge in [-0.2, -0.15) is 0 Å². The molecule has 0 spiro atoms. The number of ether oxygens (including phenoxy) is 1. The van der Waals surface area contributed by atoms with Crippen LogP contribution in [0.15, 0.2) is 194 Å². The Labute approximate surface area is 746 Å². The molecule has 7 heterocycles. The lowest BCUT2D eigenvalue weighted by atomic mass is 10.0. The second-order valence-electron chi connectivity index (χ2n) is 31.4. The molecule has 1 aromatic carbocycles. The lowest BCUT2D eigenvalue weighted by Crippen LogP contribution is -2.48. The van der Waals surface area contributed by atoms with Crippen molar-refractivity contribution in [3.8, 4) is 17.1 Å². The Morgan fingerprint density at radius 2 is 0.847 bits per heavy atom. The largest absolute Gasteiger partial charge is 0.490 e. The number of fused-ring (bicyclic) bond motifs is 1. The van der Waals surface area contributed by atoms with Crippen molar-refractivity contribution in [3.63, 3.8) is 0 Å². The molecule has 1 amide bonds. The molecule has 686 valence electrons. The number of carbonyl (C=O) groups is 2. The number of pyridine rings is 7. The van der Waals surface area contributed by atoms with Crippen LogP contribution < -0.4 is 62.1 Å². The number of sulfone groups is 1. The molecule has 8 rings (SSSR count). The van der Waals surface area contributed by atoms with Crippen LogP contribution in [0.3, 0.4) is 0 Å². The fourth-order valence-corrected chi connectivity index (χ4v) is 13.8. The zero-order valence-corrected chi connectivity index (χ0v) is 79.8. The smallest absolute Gasteiger partial charge is 0.331 e. The Morgan fingerprint density at radius 3 is 1.27 bits per heavy atom. The summed E-state index contributed by atoms with van der Waals surface area (Å²) in [5, 5.41) is 8.41. The number of nitrogens with zero attached hydrogens (tertiary/aromatic N) is 10. The minimum atomic E-state index is -3.06. The van der Waals surface area contributed by atoms with E-state index >= 15 is 0 Å². The van der Waals surface area contributed by atoms with E-state index in [2.05, 4.69) is 120 Å². The van der Waals surface area contributed by atoms with Crippen LogP contribution in [0.4, 0.5) is 0 Å². The molecule has 6 unspecified atom stereocenters. The second-order valence-corrected chi connectivity index (χ2v) is 33.5. The quantitative estimate of drug-likeness (QED) is 0.0150. The van der Waals surface area contributed by atoms with Crippen molar-refractivity contribution in [3.05, 3.63) is 206 Å². The topological polar surface area (TPSA) is 215 Å². The van der Waals surface area contributed by atoms with Crippen molar-refractivity contribution >= 4 is 45.0 Å². The van der Waals surface area contributed by atoms with E-state index in [1.807, 2.05) is 181 Å². The molecule has 0 aliphatic carbocycles. The van der Waals surface area contributed by atoms with Gasteiger partial charge in [0.25, 0.3) is 11.6 Å². The molecule has 0 saturated carbocycles. The van der Waals surface area contributed by atoms with Crippen LogP contribution in [0, 0.1) is 35.5 Å². The van der Waals surface area contributed by atoms with Crippen molar-refractivity contribution in [1.82, 2.24) is 9.88 Å². The Bertz CT molecular complexity index is 4230. The summed E-state index contributed by atoms with van der Waals surface area (Å²) < 4.78 is 38.7. The van der Waals surface area contributed by atoms with E-state index in [0.717, 1.165) is 117 Å². The molecular formula is C100H158N10O13S+6. The molecule has 23 nitrogen and oxygen atoms in total. The summed E-state index contributed by atoms with van der Waals surface area (Å²) in [6.07, 6.45) is 51.9. The van der Waals surface area contributed by atoms with Gasteiger partial charge in [0.1, 0.15) is 24.1 Å². The van der Waals surface area contributed by atoms with Crippen LogP contribution >= 0.6 is 0 Å². The number of methoxy groups -OCH3 is 1. The van der Waals surface area contributed by atoms with Gasteiger partial charge in [0.2, 0.25) is 61.5 Å². The predicted octanol–water partition coefficient (Wildman–Crippen LogP) is 17.8. The van der Waals surface area contributed by atoms with Gasteiger partial charge in [0.05, 0.1) is 24.9 Å². The third-order valence-electron chi connectivity index (χ3n) is 21.4. The van der Waals surface area contributed by atoms with E-state index in [4.69, 9.17) is 33.8 Å². The minimum absolute atomic E-state index is 0.000405. The summed E-state index contributed by atoms with van der Waals surface area (Å²) in [6.45, 7) is 37.6. The first kappa shape index (κ1) is 108. The van der Waals surface area contributed by atoms with Gasteiger partial charge in [-0.05, 0) is 175 Å². The van der Waals surface area contributed by atoms with Crippen molar-refractivity contribution in [2.45, 2.75) is 264 Å². The maximum absolute atomic E-state index is 12.4. The van der Waals surface area contributed by atoms with Gasteiger partial charge in [-0.25, -0.2) is 18.2 Å². The number of oxime groups is 2. The summed E-state index contributed by atoms with van der Waals surface area (Å²) in [5.74, 6) is 4.04. The molecule has 0 aliphatic heterocycles.